The first-order valence-electron chi connectivity index (χ1n) is 10.5. The fourth-order valence-corrected chi connectivity index (χ4v) is 5.05. The Kier molecular flexibility index (Phi) is 5.54. The van der Waals surface area contributed by atoms with E-state index in [0.29, 0.717) is 6.42 Å². The van der Waals surface area contributed by atoms with Crippen molar-refractivity contribution in [3.8, 4) is 5.75 Å². The highest BCUT2D eigenvalue weighted by molar-refractivity contribution is 5.84. The summed E-state index contributed by atoms with van der Waals surface area (Å²) in [6.45, 7) is 6.35. The summed E-state index contributed by atoms with van der Waals surface area (Å²) in [6, 6.07) is 8.14. The van der Waals surface area contributed by atoms with E-state index in [1.807, 2.05) is 37.4 Å². The summed E-state index contributed by atoms with van der Waals surface area (Å²) in [5, 5.41) is 1.01. The van der Waals surface area contributed by atoms with Crippen LogP contribution in [0.25, 0.3) is 10.9 Å². The van der Waals surface area contributed by atoms with E-state index in [-0.39, 0.29) is 18.1 Å². The lowest BCUT2D eigenvalue weighted by Crippen LogP contribution is -2.55. The third kappa shape index (κ3) is 3.48. The summed E-state index contributed by atoms with van der Waals surface area (Å²) in [6.07, 6.45) is 5.51. The predicted octanol–water partition coefficient (Wildman–Crippen LogP) is 4.36. The normalized spacial score (nSPS) is 27.5. The number of benzene rings is 1. The minimum absolute atomic E-state index is 0.146. The van der Waals surface area contributed by atoms with E-state index < -0.39 is 0 Å². The van der Waals surface area contributed by atoms with Crippen LogP contribution in [0.2, 0.25) is 0 Å². The molecule has 5 nitrogen and oxygen atoms in total. The van der Waals surface area contributed by atoms with Crippen LogP contribution in [0.3, 0.4) is 0 Å². The summed E-state index contributed by atoms with van der Waals surface area (Å²) in [5.74, 6) is 2.14. The zero-order valence-corrected chi connectivity index (χ0v) is 17.1. The Morgan fingerprint density at radius 3 is 2.86 bits per heavy atom. The van der Waals surface area contributed by atoms with Gasteiger partial charge in [-0.1, -0.05) is 20.3 Å². The van der Waals surface area contributed by atoms with Gasteiger partial charge in [0, 0.05) is 30.1 Å². The van der Waals surface area contributed by atoms with E-state index >= 15 is 0 Å². The maximum atomic E-state index is 12.3. The van der Waals surface area contributed by atoms with Gasteiger partial charge in [0.25, 0.3) is 0 Å². The Bertz CT molecular complexity index is 853. The number of hydrogen-bond acceptors (Lipinski definition) is 5. The smallest absolute Gasteiger partial charge is 0.306 e. The first-order chi connectivity index (χ1) is 13.6. The molecule has 0 spiro atoms. The lowest BCUT2D eigenvalue weighted by Gasteiger charge is -2.51. The third-order valence-corrected chi connectivity index (χ3v) is 6.65. The average Bonchev–Trinajstić information content (AvgIpc) is 2.76. The molecule has 0 saturated carbocycles. The highest BCUT2D eigenvalue weighted by atomic mass is 16.5. The molecule has 2 bridgehead atoms. The zero-order valence-electron chi connectivity index (χ0n) is 17.1. The fraction of sp³-hybridized carbons (Fsp3) is 0.565. The van der Waals surface area contributed by atoms with Gasteiger partial charge in [0.2, 0.25) is 0 Å². The number of methoxy groups -OCH3 is 1. The Morgan fingerprint density at radius 2 is 2.18 bits per heavy atom. The maximum Gasteiger partial charge on any atom is 0.306 e. The number of piperidine rings is 3. The van der Waals surface area contributed by atoms with Gasteiger partial charge in [0.05, 0.1) is 18.7 Å². The van der Waals surface area contributed by atoms with E-state index in [9.17, 15) is 4.79 Å². The molecule has 3 aliphatic heterocycles. The van der Waals surface area contributed by atoms with E-state index in [4.69, 9.17) is 9.47 Å². The summed E-state index contributed by atoms with van der Waals surface area (Å²) < 4.78 is 11.5. The second kappa shape index (κ2) is 8.08. The largest absolute Gasteiger partial charge is 0.497 e. The summed E-state index contributed by atoms with van der Waals surface area (Å²) in [4.78, 5) is 19.4. The summed E-state index contributed by atoms with van der Waals surface area (Å²) in [7, 11) is 1.67. The standard InChI is InChI=1S/C23H30N2O3/c1-4-15-14-25-11-9-16(15)12-21(25)23(28-22(26)5-2)18-8-10-24-20-7-6-17(27-3)13-19(18)20/h6-8,10,13,15-16,21,23H,4-5,9,11-12,14H2,1-3H3. The molecule has 5 unspecified atom stereocenters. The molecule has 3 saturated heterocycles. The Morgan fingerprint density at radius 1 is 1.32 bits per heavy atom. The number of carbonyl (C=O) groups excluding carboxylic acids is 1. The van der Waals surface area contributed by atoms with E-state index in [1.54, 1.807) is 7.11 Å². The van der Waals surface area contributed by atoms with Gasteiger partial charge in [-0.3, -0.25) is 14.7 Å². The molecule has 0 aliphatic carbocycles. The lowest BCUT2D eigenvalue weighted by molar-refractivity contribution is -0.157. The van der Waals surface area contributed by atoms with Crippen LogP contribution in [-0.2, 0) is 9.53 Å². The van der Waals surface area contributed by atoms with E-state index in [2.05, 4.69) is 16.8 Å². The van der Waals surface area contributed by atoms with Gasteiger partial charge >= 0.3 is 5.97 Å². The number of rotatable bonds is 6. The molecule has 0 amide bonds. The molecule has 1 aromatic carbocycles. The second-order valence-electron chi connectivity index (χ2n) is 8.06. The van der Waals surface area contributed by atoms with Crippen LogP contribution in [0.15, 0.2) is 30.5 Å². The molecule has 3 aliphatic rings. The van der Waals surface area contributed by atoms with Crippen molar-refractivity contribution in [2.45, 2.75) is 51.7 Å². The van der Waals surface area contributed by atoms with Crippen LogP contribution in [0.4, 0.5) is 0 Å². The first-order valence-corrected chi connectivity index (χ1v) is 10.5. The molecule has 4 heterocycles. The van der Waals surface area contributed by atoms with Crippen molar-refractivity contribution in [3.05, 3.63) is 36.0 Å². The van der Waals surface area contributed by atoms with Crippen LogP contribution in [0, 0.1) is 11.8 Å². The third-order valence-electron chi connectivity index (χ3n) is 6.65. The van der Waals surface area contributed by atoms with Crippen molar-refractivity contribution in [3.63, 3.8) is 0 Å². The lowest BCUT2D eigenvalue weighted by atomic mass is 9.72. The molecule has 28 heavy (non-hydrogen) atoms. The Labute approximate surface area is 167 Å². The van der Waals surface area contributed by atoms with Crippen LogP contribution in [-0.4, -0.2) is 42.1 Å². The van der Waals surface area contributed by atoms with Crippen LogP contribution >= 0.6 is 0 Å². The highest BCUT2D eigenvalue weighted by Gasteiger charge is 2.44. The first kappa shape index (κ1) is 19.2. The number of esters is 1. The molecule has 5 heteroatoms. The maximum absolute atomic E-state index is 12.3. The molecular formula is C23H30N2O3. The minimum Gasteiger partial charge on any atom is -0.497 e. The van der Waals surface area contributed by atoms with E-state index in [1.165, 1.54) is 12.8 Å². The number of ether oxygens (including phenoxy) is 2. The average molecular weight is 383 g/mol. The molecule has 5 rings (SSSR count). The van der Waals surface area contributed by atoms with E-state index in [0.717, 1.165) is 53.6 Å². The van der Waals surface area contributed by atoms with Crippen LogP contribution in [0.5, 0.6) is 5.75 Å². The molecule has 150 valence electrons. The topological polar surface area (TPSA) is 51.7 Å². The van der Waals surface area contributed by atoms with Crippen molar-refractivity contribution in [2.75, 3.05) is 20.2 Å². The fourth-order valence-electron chi connectivity index (χ4n) is 5.05. The number of carbonyl (C=O) groups is 1. The Balaban J connectivity index is 1.75. The van der Waals surface area contributed by atoms with Crippen LogP contribution < -0.4 is 4.74 Å². The van der Waals surface area contributed by atoms with Crippen molar-refractivity contribution >= 4 is 16.9 Å². The quantitative estimate of drug-likeness (QED) is 0.695. The monoisotopic (exact) mass is 382 g/mol. The Hall–Kier alpha value is -2.14. The van der Waals surface area contributed by atoms with Crippen molar-refractivity contribution in [1.29, 1.82) is 0 Å². The van der Waals surface area contributed by atoms with Gasteiger partial charge in [-0.25, -0.2) is 0 Å². The second-order valence-corrected chi connectivity index (χ2v) is 8.06. The van der Waals surface area contributed by atoms with Gasteiger partial charge in [0.15, 0.2) is 0 Å². The van der Waals surface area contributed by atoms with Gasteiger partial charge in [0.1, 0.15) is 11.9 Å². The molecular weight excluding hydrogens is 352 g/mol. The molecule has 5 atom stereocenters. The summed E-state index contributed by atoms with van der Waals surface area (Å²) >= 11 is 0. The van der Waals surface area contributed by atoms with Gasteiger partial charge in [-0.2, -0.15) is 0 Å². The number of hydrogen-bond donors (Lipinski definition) is 0. The number of aromatic nitrogens is 1. The van der Waals surface area contributed by atoms with Crippen molar-refractivity contribution < 1.29 is 14.3 Å². The molecule has 1 aromatic heterocycles. The number of fused-ring (bicyclic) bond motifs is 4. The van der Waals surface area contributed by atoms with Crippen LogP contribution in [0.1, 0.15) is 51.2 Å². The highest BCUT2D eigenvalue weighted by Crippen LogP contribution is 2.44. The number of nitrogens with zero attached hydrogens (tertiary/aromatic N) is 2. The van der Waals surface area contributed by atoms with Crippen molar-refractivity contribution in [2.24, 2.45) is 11.8 Å². The van der Waals surface area contributed by atoms with Gasteiger partial charge < -0.3 is 9.47 Å². The van der Waals surface area contributed by atoms with Crippen molar-refractivity contribution in [1.82, 2.24) is 9.88 Å². The SMILES string of the molecule is CCC(=O)OC(c1ccnc2ccc(OC)cc12)C1CC2CCN1CC2CC. The number of pyridine rings is 1. The zero-order chi connectivity index (χ0) is 19.7. The molecule has 3 fully saturated rings. The van der Waals surface area contributed by atoms with Gasteiger partial charge in [-0.15, -0.1) is 0 Å². The minimum atomic E-state index is -0.273. The molecule has 0 N–H and O–H groups in total. The summed E-state index contributed by atoms with van der Waals surface area (Å²) in [5.41, 5.74) is 1.94. The predicted molar refractivity (Wildman–Crippen MR) is 109 cm³/mol. The van der Waals surface area contributed by atoms with Gasteiger partial charge in [-0.05, 0) is 55.5 Å². The molecule has 2 aromatic rings. The molecule has 0 radical (unpaired) electrons.